The van der Waals surface area contributed by atoms with E-state index in [9.17, 15) is 13.2 Å². The smallest absolute Gasteiger partial charge is 0.250 e. The number of methoxy groups -OCH3 is 1. The van der Waals surface area contributed by atoms with Crippen molar-refractivity contribution in [1.82, 2.24) is 20.1 Å². The lowest BCUT2D eigenvalue weighted by Gasteiger charge is -2.23. The summed E-state index contributed by atoms with van der Waals surface area (Å²) in [6.07, 6.45) is 0. The summed E-state index contributed by atoms with van der Waals surface area (Å²) in [7, 11) is -0.871. The first kappa shape index (κ1) is 19.9. The third kappa shape index (κ3) is 4.04. The van der Waals surface area contributed by atoms with E-state index in [2.05, 4.69) is 15.5 Å². The molecule has 1 heterocycles. The highest BCUT2D eigenvalue weighted by Crippen LogP contribution is 2.23. The maximum atomic E-state index is 12.8. The molecule has 0 saturated carbocycles. The molecule has 142 valence electrons. The van der Waals surface area contributed by atoms with Gasteiger partial charge in [-0.25, -0.2) is 8.42 Å². The van der Waals surface area contributed by atoms with Crippen LogP contribution >= 0.6 is 0 Å². The van der Waals surface area contributed by atoms with Crippen molar-refractivity contribution in [1.29, 1.82) is 0 Å². The van der Waals surface area contributed by atoms with Gasteiger partial charge in [0.2, 0.25) is 15.7 Å². The van der Waals surface area contributed by atoms with Gasteiger partial charge in [0.15, 0.2) is 5.82 Å². The van der Waals surface area contributed by atoms with Gasteiger partial charge < -0.3 is 14.6 Å². The summed E-state index contributed by atoms with van der Waals surface area (Å²) in [6.45, 7) is 6.70. The Morgan fingerprint density at radius 3 is 2.27 bits per heavy atom. The summed E-state index contributed by atoms with van der Waals surface area (Å²) < 4.78 is 32.1. The first-order valence-corrected chi connectivity index (χ1v) is 9.62. The summed E-state index contributed by atoms with van der Waals surface area (Å²) >= 11 is 0. The molecule has 0 spiro atoms. The van der Waals surface area contributed by atoms with Gasteiger partial charge in [-0.1, -0.05) is 0 Å². The second-order valence-corrected chi connectivity index (χ2v) is 9.18. The first-order chi connectivity index (χ1) is 12.0. The van der Waals surface area contributed by atoms with Crippen LogP contribution in [0.2, 0.25) is 0 Å². The van der Waals surface area contributed by atoms with Crippen LogP contribution in [0.25, 0.3) is 11.4 Å². The minimum atomic E-state index is -3.99. The van der Waals surface area contributed by atoms with Crippen LogP contribution in [-0.2, 0) is 21.7 Å². The Kier molecular flexibility index (Phi) is 5.41. The van der Waals surface area contributed by atoms with Gasteiger partial charge in [0.25, 0.3) is 5.16 Å². The fraction of sp³-hybridized carbons (Fsp3) is 0.471. The number of nitrogens with one attached hydrogen (secondary N) is 1. The van der Waals surface area contributed by atoms with Crippen molar-refractivity contribution < 1.29 is 17.9 Å². The predicted molar refractivity (Wildman–Crippen MR) is 97.5 cm³/mol. The summed E-state index contributed by atoms with van der Waals surface area (Å²) in [5, 5.41) is 8.95. The fourth-order valence-electron chi connectivity index (χ4n) is 2.32. The monoisotopic (exact) mass is 380 g/mol. The SMILES string of the molecule is COc1ccc(-c2nnc(S(=O)(=O)[C@H](C)C(=O)NC(C)(C)C)n2C)cc1. The Labute approximate surface area is 153 Å². The number of benzene rings is 1. The summed E-state index contributed by atoms with van der Waals surface area (Å²) in [6, 6.07) is 7.01. The van der Waals surface area contributed by atoms with Crippen molar-refractivity contribution >= 4 is 15.7 Å². The van der Waals surface area contributed by atoms with Gasteiger partial charge in [-0.05, 0) is 52.0 Å². The van der Waals surface area contributed by atoms with E-state index in [4.69, 9.17) is 4.74 Å². The van der Waals surface area contributed by atoms with Crippen molar-refractivity contribution in [2.24, 2.45) is 7.05 Å². The van der Waals surface area contributed by atoms with Crippen LogP contribution in [0.15, 0.2) is 29.4 Å². The number of sulfone groups is 1. The molecule has 8 nitrogen and oxygen atoms in total. The Morgan fingerprint density at radius 2 is 1.77 bits per heavy atom. The molecule has 0 aliphatic heterocycles. The Balaban J connectivity index is 2.36. The molecule has 1 aromatic heterocycles. The molecule has 26 heavy (non-hydrogen) atoms. The molecule has 1 atom stereocenters. The number of hydrogen-bond acceptors (Lipinski definition) is 6. The Hall–Kier alpha value is -2.42. The Morgan fingerprint density at radius 1 is 1.19 bits per heavy atom. The third-order valence-corrected chi connectivity index (χ3v) is 5.78. The molecule has 0 saturated heterocycles. The van der Waals surface area contributed by atoms with Gasteiger partial charge in [0.1, 0.15) is 11.0 Å². The molecule has 0 fully saturated rings. The molecule has 2 rings (SSSR count). The Bertz CT molecular complexity index is 896. The van der Waals surface area contributed by atoms with Gasteiger partial charge in [0.05, 0.1) is 7.11 Å². The zero-order valence-corrected chi connectivity index (χ0v) is 16.6. The number of aromatic nitrogens is 3. The molecule has 1 aromatic carbocycles. The van der Waals surface area contributed by atoms with Crippen LogP contribution in [0.1, 0.15) is 27.7 Å². The average Bonchev–Trinajstić information content (AvgIpc) is 2.95. The first-order valence-electron chi connectivity index (χ1n) is 8.07. The predicted octanol–water partition coefficient (Wildman–Crippen LogP) is 1.57. The minimum absolute atomic E-state index is 0.250. The van der Waals surface area contributed by atoms with E-state index in [0.717, 1.165) is 0 Å². The standard InChI is InChI=1S/C17H24N4O4S/c1-11(15(22)18-17(2,3)4)26(23,24)16-20-19-14(21(16)5)12-7-9-13(25-6)10-8-12/h7-11H,1-6H3,(H,18,22)/t11-/m1/s1. The third-order valence-electron chi connectivity index (χ3n) is 3.77. The van der Waals surface area contributed by atoms with Crippen molar-refractivity contribution in [3.63, 3.8) is 0 Å². The minimum Gasteiger partial charge on any atom is -0.497 e. The fourth-order valence-corrected chi connectivity index (χ4v) is 3.60. The second-order valence-electron chi connectivity index (χ2n) is 7.02. The maximum Gasteiger partial charge on any atom is 0.250 e. The van der Waals surface area contributed by atoms with Crippen LogP contribution in [-0.4, -0.2) is 47.0 Å². The molecule has 0 aliphatic carbocycles. The zero-order valence-electron chi connectivity index (χ0n) is 15.8. The van der Waals surface area contributed by atoms with Gasteiger partial charge >= 0.3 is 0 Å². The number of carbonyl (C=O) groups is 1. The topological polar surface area (TPSA) is 103 Å². The molecule has 1 amide bonds. The van der Waals surface area contributed by atoms with Gasteiger partial charge in [-0.2, -0.15) is 0 Å². The summed E-state index contributed by atoms with van der Waals surface area (Å²) in [5.41, 5.74) is 0.156. The van der Waals surface area contributed by atoms with E-state index in [0.29, 0.717) is 17.1 Å². The molecule has 9 heteroatoms. The van der Waals surface area contributed by atoms with E-state index < -0.39 is 26.5 Å². The molecule has 0 aliphatic rings. The molecule has 0 radical (unpaired) electrons. The van der Waals surface area contributed by atoms with E-state index in [-0.39, 0.29) is 5.16 Å². The number of rotatable bonds is 5. The van der Waals surface area contributed by atoms with Crippen LogP contribution in [0.3, 0.4) is 0 Å². The van der Waals surface area contributed by atoms with E-state index in [1.807, 2.05) is 0 Å². The summed E-state index contributed by atoms with van der Waals surface area (Å²) in [4.78, 5) is 12.3. The highest BCUT2D eigenvalue weighted by Gasteiger charge is 2.35. The van der Waals surface area contributed by atoms with Gasteiger partial charge in [0, 0.05) is 18.2 Å². The van der Waals surface area contributed by atoms with Crippen LogP contribution in [0, 0.1) is 0 Å². The number of amides is 1. The second kappa shape index (κ2) is 7.06. The molecule has 0 unspecified atom stereocenters. The molecule has 1 N–H and O–H groups in total. The lowest BCUT2D eigenvalue weighted by Crippen LogP contribution is -2.47. The number of hydrogen-bond donors (Lipinski definition) is 1. The van der Waals surface area contributed by atoms with Crippen LogP contribution in [0.5, 0.6) is 5.75 Å². The van der Waals surface area contributed by atoms with E-state index >= 15 is 0 Å². The molecular formula is C17H24N4O4S. The molecule has 2 aromatic rings. The van der Waals surface area contributed by atoms with Crippen molar-refractivity contribution in [2.45, 2.75) is 43.6 Å². The van der Waals surface area contributed by atoms with Gasteiger partial charge in [-0.3, -0.25) is 4.79 Å². The number of carbonyl (C=O) groups excluding carboxylic acids is 1. The summed E-state index contributed by atoms with van der Waals surface area (Å²) in [5.74, 6) is 0.484. The van der Waals surface area contributed by atoms with E-state index in [1.54, 1.807) is 59.2 Å². The highest BCUT2D eigenvalue weighted by molar-refractivity contribution is 7.92. The zero-order chi connectivity index (χ0) is 19.7. The molecule has 0 bridgehead atoms. The molecular weight excluding hydrogens is 356 g/mol. The number of nitrogens with zero attached hydrogens (tertiary/aromatic N) is 3. The van der Waals surface area contributed by atoms with E-state index in [1.165, 1.54) is 11.5 Å². The normalized spacial score (nSPS) is 13.3. The van der Waals surface area contributed by atoms with Crippen LogP contribution in [0.4, 0.5) is 0 Å². The maximum absolute atomic E-state index is 12.8. The van der Waals surface area contributed by atoms with Crippen molar-refractivity contribution in [2.75, 3.05) is 7.11 Å². The van der Waals surface area contributed by atoms with Crippen molar-refractivity contribution in [3.8, 4) is 17.1 Å². The highest BCUT2D eigenvalue weighted by atomic mass is 32.2. The van der Waals surface area contributed by atoms with Crippen molar-refractivity contribution in [3.05, 3.63) is 24.3 Å². The lowest BCUT2D eigenvalue weighted by molar-refractivity contribution is -0.121. The van der Waals surface area contributed by atoms with Gasteiger partial charge in [-0.15, -0.1) is 10.2 Å². The number of ether oxygens (including phenoxy) is 1. The largest absolute Gasteiger partial charge is 0.497 e. The van der Waals surface area contributed by atoms with Crippen LogP contribution < -0.4 is 10.1 Å². The average molecular weight is 380 g/mol. The lowest BCUT2D eigenvalue weighted by atomic mass is 10.1. The quantitative estimate of drug-likeness (QED) is 0.844.